The van der Waals surface area contributed by atoms with Crippen molar-refractivity contribution in [1.82, 2.24) is 4.90 Å². The number of esters is 1. The Kier molecular flexibility index (Phi) is 4.07. The van der Waals surface area contributed by atoms with Crippen LogP contribution < -0.4 is 0 Å². The lowest BCUT2D eigenvalue weighted by Crippen LogP contribution is -2.31. The van der Waals surface area contributed by atoms with Gasteiger partial charge in [-0.1, -0.05) is 6.92 Å². The smallest absolute Gasteiger partial charge is 0.373 e. The number of furan rings is 1. The first-order valence-electron chi connectivity index (χ1n) is 6.61. The molecule has 1 aromatic heterocycles. The van der Waals surface area contributed by atoms with Crippen LogP contribution in [0.15, 0.2) is 16.5 Å². The second-order valence-corrected chi connectivity index (χ2v) is 4.81. The maximum Gasteiger partial charge on any atom is 0.373 e. The topological polar surface area (TPSA) is 42.7 Å². The van der Waals surface area contributed by atoms with Crippen LogP contribution in [0, 0.1) is 0 Å². The lowest BCUT2D eigenvalue weighted by atomic mass is 10.1. The Morgan fingerprint density at radius 2 is 2.39 bits per heavy atom. The first-order valence-corrected chi connectivity index (χ1v) is 6.61. The molecule has 100 valence electrons. The maximum absolute atomic E-state index is 11.4. The molecule has 0 N–H and O–H groups in total. The maximum atomic E-state index is 11.4. The standard InChI is InChI=1S/C14H21NO3/c1-4-11-6-5-9-15(11)10(2)12-7-8-13(18-12)14(16)17-3/h7-8,10-11H,4-6,9H2,1-3H3. The lowest BCUT2D eigenvalue weighted by Gasteiger charge is -2.28. The van der Waals surface area contributed by atoms with Crippen LogP contribution in [0.2, 0.25) is 0 Å². The summed E-state index contributed by atoms with van der Waals surface area (Å²) < 4.78 is 10.2. The second-order valence-electron chi connectivity index (χ2n) is 4.81. The SMILES string of the molecule is CCC1CCCN1C(C)c1ccc(C(=O)OC)o1. The fourth-order valence-corrected chi connectivity index (χ4v) is 2.76. The molecule has 4 nitrogen and oxygen atoms in total. The van der Waals surface area contributed by atoms with Crippen molar-refractivity contribution in [1.29, 1.82) is 0 Å². The minimum Gasteiger partial charge on any atom is -0.463 e. The molecular formula is C14H21NO3. The highest BCUT2D eigenvalue weighted by Crippen LogP contribution is 2.31. The van der Waals surface area contributed by atoms with Crippen LogP contribution in [0.3, 0.4) is 0 Å². The van der Waals surface area contributed by atoms with Gasteiger partial charge in [-0.2, -0.15) is 0 Å². The molecular weight excluding hydrogens is 230 g/mol. The molecule has 0 aromatic carbocycles. The predicted molar refractivity (Wildman–Crippen MR) is 68.5 cm³/mol. The third-order valence-electron chi connectivity index (χ3n) is 3.82. The van der Waals surface area contributed by atoms with Gasteiger partial charge < -0.3 is 9.15 Å². The monoisotopic (exact) mass is 251 g/mol. The summed E-state index contributed by atoms with van der Waals surface area (Å²) in [6.07, 6.45) is 3.66. The summed E-state index contributed by atoms with van der Waals surface area (Å²) in [6, 6.07) is 4.42. The van der Waals surface area contributed by atoms with Gasteiger partial charge in [-0.05, 0) is 44.9 Å². The summed E-state index contributed by atoms with van der Waals surface area (Å²) in [7, 11) is 1.36. The van der Waals surface area contributed by atoms with Gasteiger partial charge in [-0.25, -0.2) is 4.79 Å². The summed E-state index contributed by atoms with van der Waals surface area (Å²) in [4.78, 5) is 13.8. The molecule has 1 aromatic rings. The van der Waals surface area contributed by atoms with Crippen molar-refractivity contribution >= 4 is 5.97 Å². The van der Waals surface area contributed by atoms with Crippen LogP contribution in [0.25, 0.3) is 0 Å². The van der Waals surface area contributed by atoms with Crippen molar-refractivity contribution in [2.24, 2.45) is 0 Å². The summed E-state index contributed by atoms with van der Waals surface area (Å²) in [5.74, 6) is 0.712. The molecule has 0 saturated carbocycles. The van der Waals surface area contributed by atoms with Gasteiger partial charge in [0.05, 0.1) is 13.2 Å². The second kappa shape index (κ2) is 5.57. The van der Waals surface area contributed by atoms with Crippen molar-refractivity contribution in [3.05, 3.63) is 23.7 Å². The number of ether oxygens (including phenoxy) is 1. The van der Waals surface area contributed by atoms with Crippen LogP contribution in [-0.4, -0.2) is 30.6 Å². The van der Waals surface area contributed by atoms with E-state index in [4.69, 9.17) is 4.42 Å². The van der Waals surface area contributed by atoms with Crippen molar-refractivity contribution in [2.75, 3.05) is 13.7 Å². The summed E-state index contributed by atoms with van der Waals surface area (Å²) in [6.45, 7) is 5.46. The third kappa shape index (κ3) is 2.43. The number of nitrogens with zero attached hydrogens (tertiary/aromatic N) is 1. The molecule has 0 aliphatic carbocycles. The Labute approximate surface area is 108 Å². The van der Waals surface area contributed by atoms with Crippen molar-refractivity contribution in [3.8, 4) is 0 Å². The van der Waals surface area contributed by atoms with E-state index in [0.29, 0.717) is 6.04 Å². The Bertz CT molecular complexity index is 413. The van der Waals surface area contributed by atoms with E-state index in [0.717, 1.165) is 18.7 Å². The van der Waals surface area contributed by atoms with E-state index in [1.54, 1.807) is 6.07 Å². The molecule has 2 unspecified atom stereocenters. The van der Waals surface area contributed by atoms with E-state index in [-0.39, 0.29) is 11.8 Å². The number of hydrogen-bond acceptors (Lipinski definition) is 4. The Balaban J connectivity index is 2.11. The summed E-state index contributed by atoms with van der Waals surface area (Å²) in [5.41, 5.74) is 0. The van der Waals surface area contributed by atoms with E-state index >= 15 is 0 Å². The van der Waals surface area contributed by atoms with Gasteiger partial charge in [-0.15, -0.1) is 0 Å². The average molecular weight is 251 g/mol. The van der Waals surface area contributed by atoms with E-state index < -0.39 is 5.97 Å². The number of hydrogen-bond donors (Lipinski definition) is 0. The molecule has 2 atom stereocenters. The fourth-order valence-electron chi connectivity index (χ4n) is 2.76. The summed E-state index contributed by atoms with van der Waals surface area (Å²) in [5, 5.41) is 0. The molecule has 0 bridgehead atoms. The normalized spacial score (nSPS) is 22.1. The third-order valence-corrected chi connectivity index (χ3v) is 3.82. The fraction of sp³-hybridized carbons (Fsp3) is 0.643. The van der Waals surface area contributed by atoms with Gasteiger partial charge in [0.25, 0.3) is 0 Å². The van der Waals surface area contributed by atoms with Crippen molar-refractivity contribution < 1.29 is 13.9 Å². The molecule has 0 spiro atoms. The zero-order valence-electron chi connectivity index (χ0n) is 11.3. The van der Waals surface area contributed by atoms with Gasteiger partial charge >= 0.3 is 5.97 Å². The van der Waals surface area contributed by atoms with Crippen LogP contribution in [0.5, 0.6) is 0 Å². The molecule has 1 aliphatic rings. The van der Waals surface area contributed by atoms with Crippen LogP contribution in [0.1, 0.15) is 55.5 Å². The minimum absolute atomic E-state index is 0.218. The minimum atomic E-state index is -0.415. The molecule has 0 radical (unpaired) electrons. The van der Waals surface area contributed by atoms with Crippen LogP contribution in [-0.2, 0) is 4.74 Å². The lowest BCUT2D eigenvalue weighted by molar-refractivity contribution is 0.0558. The quantitative estimate of drug-likeness (QED) is 0.771. The Morgan fingerprint density at radius 3 is 3.06 bits per heavy atom. The average Bonchev–Trinajstić information content (AvgIpc) is 3.05. The van der Waals surface area contributed by atoms with Gasteiger partial charge in [0.2, 0.25) is 5.76 Å². The van der Waals surface area contributed by atoms with Gasteiger partial charge in [0.1, 0.15) is 5.76 Å². The van der Waals surface area contributed by atoms with E-state index in [1.165, 1.54) is 20.0 Å². The molecule has 1 fully saturated rings. The highest BCUT2D eigenvalue weighted by molar-refractivity contribution is 5.86. The van der Waals surface area contributed by atoms with E-state index in [2.05, 4.69) is 23.5 Å². The first-order chi connectivity index (χ1) is 8.67. The largest absolute Gasteiger partial charge is 0.463 e. The molecule has 1 aliphatic heterocycles. The number of likely N-dealkylation sites (tertiary alicyclic amines) is 1. The van der Waals surface area contributed by atoms with Gasteiger partial charge in [0.15, 0.2) is 0 Å². The predicted octanol–water partition coefficient (Wildman–Crippen LogP) is 3.00. The summed E-state index contributed by atoms with van der Waals surface area (Å²) >= 11 is 0. The molecule has 2 rings (SSSR count). The van der Waals surface area contributed by atoms with Crippen molar-refractivity contribution in [2.45, 2.75) is 45.2 Å². The Morgan fingerprint density at radius 1 is 1.61 bits per heavy atom. The number of carbonyl (C=O) groups excluding carboxylic acids is 1. The Hall–Kier alpha value is -1.29. The molecule has 18 heavy (non-hydrogen) atoms. The van der Waals surface area contributed by atoms with Crippen LogP contribution >= 0.6 is 0 Å². The molecule has 4 heteroatoms. The number of methoxy groups -OCH3 is 1. The highest BCUT2D eigenvalue weighted by atomic mass is 16.5. The number of carbonyl (C=O) groups is 1. The number of rotatable bonds is 4. The van der Waals surface area contributed by atoms with Crippen molar-refractivity contribution in [3.63, 3.8) is 0 Å². The molecule has 2 heterocycles. The highest BCUT2D eigenvalue weighted by Gasteiger charge is 2.29. The van der Waals surface area contributed by atoms with E-state index in [1.807, 2.05) is 6.07 Å². The zero-order valence-corrected chi connectivity index (χ0v) is 11.3. The van der Waals surface area contributed by atoms with Gasteiger partial charge in [-0.3, -0.25) is 4.90 Å². The van der Waals surface area contributed by atoms with Crippen LogP contribution in [0.4, 0.5) is 0 Å². The zero-order chi connectivity index (χ0) is 13.1. The molecule has 0 amide bonds. The first kappa shape index (κ1) is 13.1. The van der Waals surface area contributed by atoms with E-state index in [9.17, 15) is 4.79 Å². The molecule has 1 saturated heterocycles. The van der Waals surface area contributed by atoms with Gasteiger partial charge in [0, 0.05) is 6.04 Å².